The van der Waals surface area contributed by atoms with Gasteiger partial charge in [-0.3, -0.25) is 0 Å². The van der Waals surface area contributed by atoms with Gasteiger partial charge in [-0.2, -0.15) is 13.2 Å². The first kappa shape index (κ1) is 19.8. The monoisotopic (exact) mass is 339 g/mol. The van der Waals surface area contributed by atoms with Crippen LogP contribution in [0.15, 0.2) is 24.3 Å². The average molecular weight is 340 g/mol. The SMILES string of the molecule is Cl.N[C@H](C[C@H](O)c1ccc(OC(F)(F)F)cc1)C(F)(F)F. The summed E-state index contributed by atoms with van der Waals surface area (Å²) in [7, 11) is 0. The first-order chi connectivity index (χ1) is 8.99. The molecule has 0 spiro atoms. The quantitative estimate of drug-likeness (QED) is 0.827. The van der Waals surface area contributed by atoms with Gasteiger partial charge in [0.05, 0.1) is 6.10 Å². The van der Waals surface area contributed by atoms with E-state index in [0.717, 1.165) is 24.3 Å². The molecule has 0 unspecified atom stereocenters. The minimum absolute atomic E-state index is 0. The number of hydrogen-bond donors (Lipinski definition) is 2. The number of rotatable bonds is 4. The molecule has 0 amide bonds. The van der Waals surface area contributed by atoms with Gasteiger partial charge in [0.15, 0.2) is 0 Å². The number of benzene rings is 1. The van der Waals surface area contributed by atoms with E-state index in [2.05, 4.69) is 4.74 Å². The van der Waals surface area contributed by atoms with Gasteiger partial charge in [0.1, 0.15) is 11.8 Å². The lowest BCUT2D eigenvalue weighted by molar-refractivity contribution is -0.274. The van der Waals surface area contributed by atoms with Crippen LogP contribution in [-0.4, -0.2) is 23.7 Å². The fraction of sp³-hybridized carbons (Fsp3) is 0.455. The Labute approximate surface area is 122 Å². The van der Waals surface area contributed by atoms with Crippen LogP contribution in [0.2, 0.25) is 0 Å². The summed E-state index contributed by atoms with van der Waals surface area (Å²) in [6.45, 7) is 0. The van der Waals surface area contributed by atoms with Gasteiger partial charge in [-0.15, -0.1) is 25.6 Å². The van der Waals surface area contributed by atoms with Crippen LogP contribution in [0.5, 0.6) is 5.75 Å². The first-order valence-electron chi connectivity index (χ1n) is 5.35. The molecular weight excluding hydrogens is 328 g/mol. The molecule has 0 aliphatic carbocycles. The van der Waals surface area contributed by atoms with E-state index in [1.807, 2.05) is 0 Å². The Balaban J connectivity index is 0.00000400. The van der Waals surface area contributed by atoms with Gasteiger partial charge in [-0.25, -0.2) is 0 Å². The molecule has 0 bridgehead atoms. The fourth-order valence-corrected chi connectivity index (χ4v) is 1.40. The van der Waals surface area contributed by atoms with Gasteiger partial charge < -0.3 is 15.6 Å². The van der Waals surface area contributed by atoms with Gasteiger partial charge in [-0.1, -0.05) is 12.1 Å². The third-order valence-corrected chi connectivity index (χ3v) is 2.40. The topological polar surface area (TPSA) is 55.5 Å². The van der Waals surface area contributed by atoms with Crippen LogP contribution in [0.1, 0.15) is 18.1 Å². The lowest BCUT2D eigenvalue weighted by Crippen LogP contribution is -2.38. The van der Waals surface area contributed by atoms with Crippen LogP contribution in [0.25, 0.3) is 0 Å². The maximum Gasteiger partial charge on any atom is 0.573 e. The number of ether oxygens (including phenoxy) is 1. The first-order valence-corrected chi connectivity index (χ1v) is 5.35. The van der Waals surface area contributed by atoms with Crippen molar-refractivity contribution in [2.24, 2.45) is 5.73 Å². The lowest BCUT2D eigenvalue weighted by atomic mass is 10.0. The summed E-state index contributed by atoms with van der Waals surface area (Å²) in [6.07, 6.45) is -11.8. The molecule has 0 aromatic heterocycles. The van der Waals surface area contributed by atoms with Crippen molar-refractivity contribution in [2.75, 3.05) is 0 Å². The predicted molar refractivity (Wildman–Crippen MR) is 64.0 cm³/mol. The van der Waals surface area contributed by atoms with Crippen molar-refractivity contribution in [1.82, 2.24) is 0 Å². The molecule has 0 fully saturated rings. The molecular formula is C11H12ClF6NO2. The summed E-state index contributed by atoms with van der Waals surface area (Å²) in [6, 6.07) is 1.64. The van der Waals surface area contributed by atoms with Crippen LogP contribution < -0.4 is 10.5 Å². The molecule has 1 rings (SSSR count). The number of aliphatic hydroxyl groups excluding tert-OH is 1. The molecule has 122 valence electrons. The van der Waals surface area contributed by atoms with Crippen LogP contribution in [-0.2, 0) is 0 Å². The van der Waals surface area contributed by atoms with Crippen molar-refractivity contribution in [3.05, 3.63) is 29.8 Å². The summed E-state index contributed by atoms with van der Waals surface area (Å²) in [5.74, 6) is -0.534. The van der Waals surface area contributed by atoms with Crippen molar-refractivity contribution in [2.45, 2.75) is 31.1 Å². The third-order valence-electron chi connectivity index (χ3n) is 2.40. The van der Waals surface area contributed by atoms with Crippen molar-refractivity contribution < 1.29 is 36.2 Å². The highest BCUT2D eigenvalue weighted by Gasteiger charge is 2.38. The van der Waals surface area contributed by atoms with Crippen molar-refractivity contribution in [3.8, 4) is 5.75 Å². The number of hydrogen-bond acceptors (Lipinski definition) is 3. The van der Waals surface area contributed by atoms with Gasteiger partial charge in [0.25, 0.3) is 0 Å². The minimum Gasteiger partial charge on any atom is -0.406 e. The van der Waals surface area contributed by atoms with Crippen molar-refractivity contribution in [1.29, 1.82) is 0 Å². The van der Waals surface area contributed by atoms with Gasteiger partial charge in [-0.05, 0) is 17.7 Å². The Morgan fingerprint density at radius 1 is 1.05 bits per heavy atom. The molecule has 0 heterocycles. The summed E-state index contributed by atoms with van der Waals surface area (Å²) >= 11 is 0. The molecule has 0 aliphatic rings. The summed E-state index contributed by atoms with van der Waals surface area (Å²) in [4.78, 5) is 0. The van der Waals surface area contributed by atoms with Crippen molar-refractivity contribution >= 4 is 12.4 Å². The van der Waals surface area contributed by atoms with Crippen LogP contribution >= 0.6 is 12.4 Å². The van der Waals surface area contributed by atoms with E-state index in [-0.39, 0.29) is 18.0 Å². The molecule has 1 aromatic rings. The van der Waals surface area contributed by atoms with Gasteiger partial charge in [0, 0.05) is 6.42 Å². The van der Waals surface area contributed by atoms with E-state index in [4.69, 9.17) is 5.73 Å². The van der Waals surface area contributed by atoms with Crippen molar-refractivity contribution in [3.63, 3.8) is 0 Å². The zero-order chi connectivity index (χ0) is 15.6. The van der Waals surface area contributed by atoms with E-state index >= 15 is 0 Å². The second-order valence-corrected chi connectivity index (χ2v) is 4.02. The molecule has 0 radical (unpaired) electrons. The second-order valence-electron chi connectivity index (χ2n) is 4.02. The standard InChI is InChI=1S/C11H11F6NO2.ClH/c12-10(13,14)9(18)5-8(19)6-1-3-7(4-2-6)20-11(15,16)17;/h1-4,8-9,19H,5,18H2;1H/t8-,9+;/m0./s1. The normalized spacial score (nSPS) is 15.0. The van der Waals surface area contributed by atoms with Gasteiger partial charge >= 0.3 is 12.5 Å². The Morgan fingerprint density at radius 3 is 1.90 bits per heavy atom. The van der Waals surface area contributed by atoms with Crippen LogP contribution in [0.3, 0.4) is 0 Å². The Bertz CT molecular complexity index is 434. The molecule has 0 aliphatic heterocycles. The van der Waals surface area contributed by atoms with Crippen LogP contribution in [0.4, 0.5) is 26.3 Å². The van der Waals surface area contributed by atoms with E-state index in [0.29, 0.717) is 0 Å². The highest BCUT2D eigenvalue weighted by atomic mass is 35.5. The predicted octanol–water partition coefficient (Wildman–Crippen LogP) is 3.32. The largest absolute Gasteiger partial charge is 0.573 e. The number of alkyl halides is 6. The smallest absolute Gasteiger partial charge is 0.406 e. The summed E-state index contributed by atoms with van der Waals surface area (Å²) in [5.41, 5.74) is 4.86. The highest BCUT2D eigenvalue weighted by Crippen LogP contribution is 2.29. The molecule has 21 heavy (non-hydrogen) atoms. The van der Waals surface area contributed by atoms with E-state index < -0.39 is 36.9 Å². The molecule has 10 heteroatoms. The van der Waals surface area contributed by atoms with Crippen LogP contribution in [0, 0.1) is 0 Å². The maximum atomic E-state index is 12.2. The third kappa shape index (κ3) is 6.87. The van der Waals surface area contributed by atoms with E-state index in [1.165, 1.54) is 0 Å². The summed E-state index contributed by atoms with van der Waals surface area (Å²) < 4.78 is 75.8. The van der Waals surface area contributed by atoms with E-state index in [9.17, 15) is 31.4 Å². The molecule has 1 aromatic carbocycles. The molecule has 3 N–H and O–H groups in total. The second kappa shape index (κ2) is 7.19. The summed E-state index contributed by atoms with van der Waals surface area (Å²) in [5, 5.41) is 9.53. The lowest BCUT2D eigenvalue weighted by Gasteiger charge is -2.19. The Hall–Kier alpha value is -1.19. The molecule has 0 saturated heterocycles. The molecule has 0 saturated carbocycles. The highest BCUT2D eigenvalue weighted by molar-refractivity contribution is 5.85. The van der Waals surface area contributed by atoms with Gasteiger partial charge in [0.2, 0.25) is 0 Å². The van der Waals surface area contributed by atoms with E-state index in [1.54, 1.807) is 0 Å². The number of nitrogens with two attached hydrogens (primary N) is 1. The molecule has 3 nitrogen and oxygen atoms in total. The average Bonchev–Trinajstić information content (AvgIpc) is 2.26. The fourth-order valence-electron chi connectivity index (χ4n) is 1.40. The molecule has 2 atom stereocenters. The number of halogens is 7. The minimum atomic E-state index is -4.86. The zero-order valence-electron chi connectivity index (χ0n) is 10.3. The Kier molecular flexibility index (Phi) is 6.78. The number of aliphatic hydroxyl groups is 1. The zero-order valence-corrected chi connectivity index (χ0v) is 11.1. The Morgan fingerprint density at radius 2 is 1.52 bits per heavy atom. The maximum absolute atomic E-state index is 12.2.